The van der Waals surface area contributed by atoms with Crippen molar-refractivity contribution in [2.45, 2.75) is 12.8 Å². The molecule has 0 N–H and O–H groups in total. The molecule has 0 radical (unpaired) electrons. The van der Waals surface area contributed by atoms with E-state index in [1.54, 1.807) is 34.1 Å². The second-order valence-electron chi connectivity index (χ2n) is 8.42. The first-order valence-electron chi connectivity index (χ1n) is 11.3. The van der Waals surface area contributed by atoms with Crippen molar-refractivity contribution in [1.82, 2.24) is 39.3 Å². The highest BCUT2D eigenvalue weighted by Gasteiger charge is 2.38. The van der Waals surface area contributed by atoms with Crippen LogP contribution < -0.4 is 4.74 Å². The number of hydrogen-bond donors (Lipinski definition) is 0. The quantitative estimate of drug-likeness (QED) is 0.342. The summed E-state index contributed by atoms with van der Waals surface area (Å²) in [5, 5.41) is 10.1. The summed E-state index contributed by atoms with van der Waals surface area (Å²) in [4.78, 5) is 18.0. The SMILES string of the molecule is Cc1nn(-c2cccc(Cl)c2)c2c1C(c1cccnc1)c1c(ncn3nc(-c4ccncc4)nc13)O2. The lowest BCUT2D eigenvalue weighted by Gasteiger charge is -2.26. The lowest BCUT2D eigenvalue weighted by Crippen LogP contribution is -2.16. The standard InChI is InChI=1S/C26H17ClN8O/c1-15-20-21(17-4-3-9-29-13-17)22-24-31-23(16-7-10-28-11-8-16)33-34(24)14-30-25(22)36-26(20)35(32-15)19-6-2-5-18(27)12-19/h2-14,21H,1H3. The van der Waals surface area contributed by atoms with Crippen molar-refractivity contribution in [1.29, 1.82) is 0 Å². The Kier molecular flexibility index (Phi) is 4.58. The van der Waals surface area contributed by atoms with E-state index in [1.807, 2.05) is 61.7 Å². The molecule has 0 saturated carbocycles. The van der Waals surface area contributed by atoms with E-state index in [2.05, 4.69) is 20.1 Å². The van der Waals surface area contributed by atoms with Crippen LogP contribution in [0.2, 0.25) is 5.02 Å². The fraction of sp³-hybridized carbons (Fsp3) is 0.0769. The first-order chi connectivity index (χ1) is 17.7. The van der Waals surface area contributed by atoms with Gasteiger partial charge in [0.05, 0.1) is 28.4 Å². The second-order valence-corrected chi connectivity index (χ2v) is 8.86. The number of nitrogens with zero attached hydrogens (tertiary/aromatic N) is 8. The molecule has 1 atom stereocenters. The lowest BCUT2D eigenvalue weighted by atomic mass is 9.85. The predicted molar refractivity (Wildman–Crippen MR) is 133 cm³/mol. The summed E-state index contributed by atoms with van der Waals surface area (Å²) < 4.78 is 9.88. The van der Waals surface area contributed by atoms with Gasteiger partial charge in [0.1, 0.15) is 6.33 Å². The van der Waals surface area contributed by atoms with E-state index in [0.717, 1.165) is 33.6 Å². The molecule has 174 valence electrons. The summed E-state index contributed by atoms with van der Waals surface area (Å²) in [6.45, 7) is 1.97. The zero-order chi connectivity index (χ0) is 24.2. The fourth-order valence-electron chi connectivity index (χ4n) is 4.66. The normalized spacial score (nSPS) is 14.3. The minimum Gasteiger partial charge on any atom is -0.420 e. The highest BCUT2D eigenvalue weighted by molar-refractivity contribution is 6.30. The molecule has 1 aliphatic rings. The Labute approximate surface area is 210 Å². The van der Waals surface area contributed by atoms with Crippen LogP contribution in [0.5, 0.6) is 11.8 Å². The van der Waals surface area contributed by atoms with Crippen LogP contribution in [0.25, 0.3) is 22.7 Å². The van der Waals surface area contributed by atoms with E-state index < -0.39 is 0 Å². The molecule has 7 rings (SSSR count). The molecule has 6 heterocycles. The van der Waals surface area contributed by atoms with Gasteiger partial charge in [-0.2, -0.15) is 5.10 Å². The Morgan fingerprint density at radius 1 is 0.944 bits per heavy atom. The van der Waals surface area contributed by atoms with E-state index in [-0.39, 0.29) is 5.92 Å². The van der Waals surface area contributed by atoms with Gasteiger partial charge in [0.2, 0.25) is 11.8 Å². The predicted octanol–water partition coefficient (Wildman–Crippen LogP) is 5.01. The zero-order valence-electron chi connectivity index (χ0n) is 18.9. The van der Waals surface area contributed by atoms with Crippen LogP contribution in [0.15, 0.2) is 79.6 Å². The average molecular weight is 493 g/mol. The Morgan fingerprint density at radius 2 is 1.83 bits per heavy atom. The summed E-state index contributed by atoms with van der Waals surface area (Å²) in [5.74, 6) is 1.34. The van der Waals surface area contributed by atoms with E-state index >= 15 is 0 Å². The molecule has 0 saturated heterocycles. The minimum absolute atomic E-state index is 0.268. The summed E-state index contributed by atoms with van der Waals surface area (Å²) in [6, 6.07) is 15.2. The number of benzene rings is 1. The van der Waals surface area contributed by atoms with Crippen molar-refractivity contribution in [2.24, 2.45) is 0 Å². The van der Waals surface area contributed by atoms with Gasteiger partial charge < -0.3 is 4.74 Å². The van der Waals surface area contributed by atoms with Crippen LogP contribution in [0.1, 0.15) is 28.3 Å². The summed E-state index contributed by atoms with van der Waals surface area (Å²) in [5.41, 5.74) is 5.83. The van der Waals surface area contributed by atoms with Crippen molar-refractivity contribution in [3.63, 3.8) is 0 Å². The zero-order valence-corrected chi connectivity index (χ0v) is 19.7. The average Bonchev–Trinajstić information content (AvgIpc) is 3.50. The van der Waals surface area contributed by atoms with Gasteiger partial charge in [-0.3, -0.25) is 9.97 Å². The first-order valence-corrected chi connectivity index (χ1v) is 11.6. The summed E-state index contributed by atoms with van der Waals surface area (Å²) >= 11 is 6.28. The van der Waals surface area contributed by atoms with Crippen molar-refractivity contribution in [3.8, 4) is 28.8 Å². The van der Waals surface area contributed by atoms with E-state index in [0.29, 0.717) is 28.3 Å². The number of halogens is 1. The number of fused-ring (bicyclic) bond motifs is 4. The van der Waals surface area contributed by atoms with Crippen LogP contribution in [-0.2, 0) is 0 Å². The van der Waals surface area contributed by atoms with Gasteiger partial charge in [0.15, 0.2) is 11.5 Å². The molecule has 1 aromatic carbocycles. The maximum atomic E-state index is 6.43. The van der Waals surface area contributed by atoms with Gasteiger partial charge in [-0.05, 0) is 48.9 Å². The number of pyridine rings is 2. The van der Waals surface area contributed by atoms with E-state index in [9.17, 15) is 0 Å². The van der Waals surface area contributed by atoms with Crippen LogP contribution in [0, 0.1) is 6.92 Å². The number of hydrogen-bond acceptors (Lipinski definition) is 7. The molecule has 5 aromatic heterocycles. The number of rotatable bonds is 3. The molecule has 0 fully saturated rings. The molecule has 0 bridgehead atoms. The molecule has 9 nitrogen and oxygen atoms in total. The smallest absolute Gasteiger partial charge is 0.230 e. The second kappa shape index (κ2) is 7.96. The maximum Gasteiger partial charge on any atom is 0.230 e. The van der Waals surface area contributed by atoms with Crippen LogP contribution in [0.4, 0.5) is 0 Å². The molecule has 0 aliphatic carbocycles. The summed E-state index contributed by atoms with van der Waals surface area (Å²) in [6.07, 6.45) is 8.66. The van der Waals surface area contributed by atoms with E-state index in [1.165, 1.54) is 0 Å². The fourth-order valence-corrected chi connectivity index (χ4v) is 4.85. The Bertz CT molecular complexity index is 1750. The highest BCUT2D eigenvalue weighted by Crippen LogP contribution is 2.49. The third-order valence-electron chi connectivity index (χ3n) is 6.23. The van der Waals surface area contributed by atoms with Crippen molar-refractivity contribution >= 4 is 17.2 Å². The largest absolute Gasteiger partial charge is 0.420 e. The third kappa shape index (κ3) is 3.17. The molecule has 10 heteroatoms. The Balaban J connectivity index is 1.49. The van der Waals surface area contributed by atoms with Crippen molar-refractivity contribution in [3.05, 3.63) is 107 Å². The topological polar surface area (TPSA) is 95.9 Å². The first kappa shape index (κ1) is 20.7. The lowest BCUT2D eigenvalue weighted by molar-refractivity contribution is 0.402. The number of ether oxygens (including phenoxy) is 1. The van der Waals surface area contributed by atoms with Crippen molar-refractivity contribution < 1.29 is 4.74 Å². The molecule has 0 amide bonds. The van der Waals surface area contributed by atoms with Gasteiger partial charge in [-0.25, -0.2) is 19.2 Å². The van der Waals surface area contributed by atoms with Gasteiger partial charge in [-0.15, -0.1) is 5.10 Å². The van der Waals surface area contributed by atoms with Crippen molar-refractivity contribution in [2.75, 3.05) is 0 Å². The number of aromatic nitrogens is 8. The van der Waals surface area contributed by atoms with Gasteiger partial charge in [-0.1, -0.05) is 23.7 Å². The molecular weight excluding hydrogens is 476 g/mol. The monoisotopic (exact) mass is 492 g/mol. The molecular formula is C26H17ClN8O. The van der Waals surface area contributed by atoms with Gasteiger partial charge >= 0.3 is 0 Å². The molecule has 0 spiro atoms. The van der Waals surface area contributed by atoms with Crippen LogP contribution >= 0.6 is 11.6 Å². The van der Waals surface area contributed by atoms with Gasteiger partial charge in [0.25, 0.3) is 0 Å². The highest BCUT2D eigenvalue weighted by atomic mass is 35.5. The summed E-state index contributed by atoms with van der Waals surface area (Å²) in [7, 11) is 0. The Hall–Kier alpha value is -4.63. The van der Waals surface area contributed by atoms with E-state index in [4.69, 9.17) is 26.4 Å². The molecule has 36 heavy (non-hydrogen) atoms. The number of aryl methyl sites for hydroxylation is 1. The molecule has 1 unspecified atom stereocenters. The van der Waals surface area contributed by atoms with Crippen LogP contribution in [-0.4, -0.2) is 39.3 Å². The Morgan fingerprint density at radius 3 is 2.64 bits per heavy atom. The molecule has 1 aliphatic heterocycles. The third-order valence-corrected chi connectivity index (χ3v) is 6.46. The van der Waals surface area contributed by atoms with Crippen LogP contribution in [0.3, 0.4) is 0 Å². The maximum absolute atomic E-state index is 6.43. The minimum atomic E-state index is -0.268. The molecule has 6 aromatic rings. The van der Waals surface area contributed by atoms with Gasteiger partial charge in [0, 0.05) is 35.4 Å².